The molecule has 15 heteroatoms. The standard InChI is InChI=1S/C30H28N10O5/c1-16-24(15-35-39-27-20-13-19(40(44)45)8-9-22(20)37-30(27)43)36-17(2)26(16)29(42)33-12-11-32-25-10-7-18(14-34-25)28(41)38-23-6-4-3-5-21(23)31/h3-10,13-15,36H,11-12,31H2,1-2H3,(H,32,34)(H,33,42)(H,38,41)(H,37,39,43). The zero-order valence-corrected chi connectivity index (χ0v) is 24.2. The van der Waals surface area contributed by atoms with Crippen LogP contribution < -0.4 is 27.0 Å². The molecule has 0 fully saturated rings. The van der Waals surface area contributed by atoms with Crippen LogP contribution in [0.4, 0.5) is 28.6 Å². The predicted octanol–water partition coefficient (Wildman–Crippen LogP) is 3.39. The van der Waals surface area contributed by atoms with Gasteiger partial charge < -0.3 is 32.0 Å². The number of H-pyrrole nitrogens is 1. The number of non-ortho nitro benzene ring substituents is 1. The molecule has 0 aliphatic carbocycles. The van der Waals surface area contributed by atoms with Crippen molar-refractivity contribution in [3.8, 4) is 0 Å². The van der Waals surface area contributed by atoms with Crippen molar-refractivity contribution in [3.63, 3.8) is 0 Å². The molecule has 0 saturated heterocycles. The summed E-state index contributed by atoms with van der Waals surface area (Å²) in [5.74, 6) is -0.636. The van der Waals surface area contributed by atoms with Gasteiger partial charge in [-0.3, -0.25) is 24.5 Å². The molecule has 1 aliphatic rings. The van der Waals surface area contributed by atoms with Crippen LogP contribution in [0.5, 0.6) is 0 Å². The number of pyridine rings is 1. The Hall–Kier alpha value is -6.38. The molecule has 15 nitrogen and oxygen atoms in total. The summed E-state index contributed by atoms with van der Waals surface area (Å²) in [5, 5.41) is 30.4. The molecule has 3 amide bonds. The SMILES string of the molecule is Cc1[nH]c(C=NN=C2C(=O)Nc3ccc([N+](=O)[O-])cc32)c(C)c1C(=O)NCCNc1ccc(C(=O)Nc2ccccc2N)cn1. The number of aryl methyl sites for hydroxylation is 1. The number of anilines is 4. The zero-order chi connectivity index (χ0) is 32.1. The predicted molar refractivity (Wildman–Crippen MR) is 170 cm³/mol. The number of para-hydroxylation sites is 2. The lowest BCUT2D eigenvalue weighted by molar-refractivity contribution is -0.384. The van der Waals surface area contributed by atoms with Crippen molar-refractivity contribution in [3.05, 3.63) is 105 Å². The van der Waals surface area contributed by atoms with Gasteiger partial charge in [0.1, 0.15) is 5.82 Å². The van der Waals surface area contributed by atoms with E-state index in [2.05, 4.69) is 41.4 Å². The lowest BCUT2D eigenvalue weighted by atomic mass is 10.1. The normalized spacial score (nSPS) is 13.0. The van der Waals surface area contributed by atoms with Crippen LogP contribution in [-0.4, -0.2) is 57.6 Å². The minimum absolute atomic E-state index is 0.0545. The summed E-state index contributed by atoms with van der Waals surface area (Å²) in [5.41, 5.74) is 9.86. The van der Waals surface area contributed by atoms with E-state index < -0.39 is 10.8 Å². The van der Waals surface area contributed by atoms with Crippen molar-refractivity contribution in [1.82, 2.24) is 15.3 Å². The third-order valence-corrected chi connectivity index (χ3v) is 6.93. The molecule has 0 spiro atoms. The number of carbonyl (C=O) groups excluding carboxylic acids is 3. The largest absolute Gasteiger partial charge is 0.397 e. The van der Waals surface area contributed by atoms with Crippen LogP contribution in [0.2, 0.25) is 0 Å². The molecular formula is C30H28N10O5. The number of fused-ring (bicyclic) bond motifs is 1. The van der Waals surface area contributed by atoms with E-state index in [1.54, 1.807) is 50.2 Å². The van der Waals surface area contributed by atoms with Crippen molar-refractivity contribution in [2.45, 2.75) is 13.8 Å². The van der Waals surface area contributed by atoms with Crippen molar-refractivity contribution >= 4 is 58.2 Å². The fourth-order valence-corrected chi connectivity index (χ4v) is 4.64. The molecule has 45 heavy (non-hydrogen) atoms. The average molecular weight is 609 g/mol. The van der Waals surface area contributed by atoms with Gasteiger partial charge in [0.15, 0.2) is 5.71 Å². The molecule has 228 valence electrons. The van der Waals surface area contributed by atoms with Gasteiger partial charge in [-0.05, 0) is 49.7 Å². The highest BCUT2D eigenvalue weighted by Crippen LogP contribution is 2.28. The third-order valence-electron chi connectivity index (χ3n) is 6.93. The molecule has 5 rings (SSSR count). The number of aromatic amines is 1. The molecular weight excluding hydrogens is 580 g/mol. The van der Waals surface area contributed by atoms with E-state index >= 15 is 0 Å². The van der Waals surface area contributed by atoms with Crippen molar-refractivity contribution in [2.24, 2.45) is 10.2 Å². The van der Waals surface area contributed by atoms with Gasteiger partial charge in [0.25, 0.3) is 23.4 Å². The number of benzene rings is 2. The van der Waals surface area contributed by atoms with Crippen molar-refractivity contribution in [1.29, 1.82) is 0 Å². The first kappa shape index (κ1) is 30.1. The topological polar surface area (TPSA) is 222 Å². The lowest BCUT2D eigenvalue weighted by Gasteiger charge is -2.10. The first-order valence-corrected chi connectivity index (χ1v) is 13.7. The van der Waals surface area contributed by atoms with Crippen molar-refractivity contribution < 1.29 is 19.3 Å². The number of rotatable bonds is 10. The van der Waals surface area contributed by atoms with E-state index in [4.69, 9.17) is 5.73 Å². The molecule has 0 bridgehead atoms. The van der Waals surface area contributed by atoms with Gasteiger partial charge in [0.2, 0.25) is 0 Å². The molecule has 4 aromatic rings. The third kappa shape index (κ3) is 6.67. The van der Waals surface area contributed by atoms with Gasteiger partial charge in [0.05, 0.1) is 45.0 Å². The van der Waals surface area contributed by atoms with Gasteiger partial charge in [-0.25, -0.2) is 4.98 Å². The average Bonchev–Trinajstić information content (AvgIpc) is 3.49. The number of nitrogens with zero attached hydrogens (tertiary/aromatic N) is 4. The number of nitrogens with one attached hydrogen (secondary N) is 5. The number of carbonyl (C=O) groups is 3. The second-order valence-electron chi connectivity index (χ2n) is 9.95. The quantitative estimate of drug-likeness (QED) is 0.0513. The maximum absolute atomic E-state index is 12.9. The molecule has 3 heterocycles. The van der Waals surface area contributed by atoms with E-state index in [0.29, 0.717) is 57.5 Å². The molecule has 1 aliphatic heterocycles. The summed E-state index contributed by atoms with van der Waals surface area (Å²) < 4.78 is 0. The minimum Gasteiger partial charge on any atom is -0.397 e. The Morgan fingerprint density at radius 2 is 1.89 bits per heavy atom. The summed E-state index contributed by atoms with van der Waals surface area (Å²) in [7, 11) is 0. The van der Waals surface area contributed by atoms with Gasteiger partial charge in [-0.2, -0.15) is 5.10 Å². The maximum Gasteiger partial charge on any atom is 0.276 e. The number of nitro benzene ring substituents is 1. The molecule has 2 aromatic heterocycles. The van der Waals surface area contributed by atoms with Crippen LogP contribution in [0.15, 0.2) is 71.0 Å². The first-order chi connectivity index (χ1) is 21.6. The summed E-state index contributed by atoms with van der Waals surface area (Å²) in [6.07, 6.45) is 2.82. The minimum atomic E-state index is -0.557. The van der Waals surface area contributed by atoms with Crippen LogP contribution in [0.3, 0.4) is 0 Å². The number of nitro groups is 1. The fourth-order valence-electron chi connectivity index (χ4n) is 4.64. The number of hydrogen-bond donors (Lipinski definition) is 6. The van der Waals surface area contributed by atoms with Crippen LogP contribution >= 0.6 is 0 Å². The van der Waals surface area contributed by atoms with E-state index in [-0.39, 0.29) is 35.3 Å². The van der Waals surface area contributed by atoms with E-state index in [0.717, 1.165) is 0 Å². The molecule has 0 unspecified atom stereocenters. The highest BCUT2D eigenvalue weighted by atomic mass is 16.6. The number of aromatic nitrogens is 2. The Labute approximate surface area is 256 Å². The number of nitrogens with two attached hydrogens (primary N) is 1. The zero-order valence-electron chi connectivity index (χ0n) is 24.2. The Bertz CT molecular complexity index is 1880. The van der Waals surface area contributed by atoms with Gasteiger partial charge in [0, 0.05) is 42.7 Å². The highest BCUT2D eigenvalue weighted by Gasteiger charge is 2.28. The van der Waals surface area contributed by atoms with Crippen molar-refractivity contribution in [2.75, 3.05) is 34.8 Å². The Morgan fingerprint density at radius 3 is 2.62 bits per heavy atom. The maximum atomic E-state index is 12.9. The van der Waals surface area contributed by atoms with E-state index in [1.165, 1.54) is 30.6 Å². The van der Waals surface area contributed by atoms with Crippen LogP contribution in [0.1, 0.15) is 43.2 Å². The summed E-state index contributed by atoms with van der Waals surface area (Å²) in [6.45, 7) is 4.16. The highest BCUT2D eigenvalue weighted by molar-refractivity contribution is 6.53. The van der Waals surface area contributed by atoms with Crippen LogP contribution in [-0.2, 0) is 4.79 Å². The summed E-state index contributed by atoms with van der Waals surface area (Å²) in [4.78, 5) is 55.7. The number of amides is 3. The first-order valence-electron chi connectivity index (χ1n) is 13.7. The van der Waals surface area contributed by atoms with E-state index in [1.807, 2.05) is 0 Å². The van der Waals surface area contributed by atoms with Gasteiger partial charge in [-0.15, -0.1) is 5.10 Å². The Balaban J connectivity index is 1.15. The summed E-state index contributed by atoms with van der Waals surface area (Å²) in [6, 6.07) is 14.2. The Kier molecular flexibility index (Phi) is 8.60. The smallest absolute Gasteiger partial charge is 0.276 e. The summed E-state index contributed by atoms with van der Waals surface area (Å²) >= 11 is 0. The monoisotopic (exact) mass is 608 g/mol. The number of hydrogen-bond acceptors (Lipinski definition) is 10. The molecule has 7 N–H and O–H groups in total. The van der Waals surface area contributed by atoms with Gasteiger partial charge >= 0.3 is 0 Å². The molecule has 2 aromatic carbocycles. The lowest BCUT2D eigenvalue weighted by Crippen LogP contribution is -2.29. The van der Waals surface area contributed by atoms with Crippen LogP contribution in [0.25, 0.3) is 0 Å². The second kappa shape index (κ2) is 12.9. The second-order valence-corrected chi connectivity index (χ2v) is 9.95. The van der Waals surface area contributed by atoms with E-state index in [9.17, 15) is 24.5 Å². The Morgan fingerprint density at radius 1 is 1.09 bits per heavy atom. The molecule has 0 radical (unpaired) electrons. The van der Waals surface area contributed by atoms with Gasteiger partial charge in [-0.1, -0.05) is 12.1 Å². The molecule has 0 atom stereocenters. The molecule has 0 saturated carbocycles. The number of nitrogen functional groups attached to an aromatic ring is 1. The fraction of sp³-hybridized carbons (Fsp3) is 0.133. The van der Waals surface area contributed by atoms with Crippen LogP contribution in [0, 0.1) is 24.0 Å².